The van der Waals surface area contributed by atoms with Crippen LogP contribution < -0.4 is 10.1 Å². The third-order valence-corrected chi connectivity index (χ3v) is 5.61. The van der Waals surface area contributed by atoms with Crippen molar-refractivity contribution in [1.82, 2.24) is 5.32 Å². The van der Waals surface area contributed by atoms with Gasteiger partial charge in [0.05, 0.1) is 13.2 Å². The maximum Gasteiger partial charge on any atom is 0.120 e. The van der Waals surface area contributed by atoms with Crippen LogP contribution in [0.3, 0.4) is 0 Å². The molecule has 2 aromatic rings. The third kappa shape index (κ3) is 2.96. The topological polar surface area (TPSA) is 21.3 Å². The minimum Gasteiger partial charge on any atom is -0.497 e. The van der Waals surface area contributed by atoms with Gasteiger partial charge < -0.3 is 10.1 Å². The second kappa shape index (κ2) is 6.39. The van der Waals surface area contributed by atoms with Crippen LogP contribution in [0.2, 0.25) is 5.02 Å². The van der Waals surface area contributed by atoms with Crippen molar-refractivity contribution < 1.29 is 4.74 Å². The highest BCUT2D eigenvalue weighted by atomic mass is 35.5. The molecule has 1 aromatic heterocycles. The van der Waals surface area contributed by atoms with Crippen LogP contribution in [0.4, 0.5) is 0 Å². The molecule has 1 atom stereocenters. The number of halogens is 1. The summed E-state index contributed by atoms with van der Waals surface area (Å²) in [5.74, 6) is 0.799. The lowest BCUT2D eigenvalue weighted by molar-refractivity contribution is 0.414. The van der Waals surface area contributed by atoms with Crippen molar-refractivity contribution >= 4 is 22.9 Å². The van der Waals surface area contributed by atoms with Gasteiger partial charge in [-0.2, -0.15) is 0 Å². The first kappa shape index (κ1) is 14.9. The number of ether oxygens (including phenoxy) is 1. The Labute approximate surface area is 135 Å². The summed E-state index contributed by atoms with van der Waals surface area (Å²) in [4.78, 5) is 2.92. The average Bonchev–Trinajstić information content (AvgIpc) is 3.06. The van der Waals surface area contributed by atoms with Crippen molar-refractivity contribution in [2.75, 3.05) is 13.7 Å². The molecule has 0 spiro atoms. The van der Waals surface area contributed by atoms with Crippen molar-refractivity contribution in [1.29, 1.82) is 0 Å². The second-order valence-electron chi connectivity index (χ2n) is 5.33. The van der Waals surface area contributed by atoms with Gasteiger partial charge in [0.15, 0.2) is 0 Å². The fourth-order valence-electron chi connectivity index (χ4n) is 2.93. The fourth-order valence-corrected chi connectivity index (χ4v) is 4.56. The predicted octanol–water partition coefficient (Wildman–Crippen LogP) is 4.60. The van der Waals surface area contributed by atoms with E-state index in [1.807, 2.05) is 23.5 Å². The van der Waals surface area contributed by atoms with Gasteiger partial charge in [0, 0.05) is 14.8 Å². The van der Waals surface area contributed by atoms with Crippen LogP contribution in [0, 0.1) is 0 Å². The van der Waals surface area contributed by atoms with Crippen molar-refractivity contribution in [3.05, 3.63) is 50.2 Å². The van der Waals surface area contributed by atoms with E-state index in [1.165, 1.54) is 29.7 Å². The Bertz CT molecular complexity index is 616. The number of hydrogen-bond acceptors (Lipinski definition) is 3. The van der Waals surface area contributed by atoms with Crippen LogP contribution >= 0.6 is 22.9 Å². The molecule has 0 amide bonds. The number of rotatable bonds is 5. The van der Waals surface area contributed by atoms with Gasteiger partial charge >= 0.3 is 0 Å². The van der Waals surface area contributed by atoms with E-state index in [-0.39, 0.29) is 6.04 Å². The molecule has 0 fully saturated rings. The Hall–Kier alpha value is -1.03. The van der Waals surface area contributed by atoms with Gasteiger partial charge in [-0.25, -0.2) is 0 Å². The van der Waals surface area contributed by atoms with Crippen molar-refractivity contribution in [2.45, 2.75) is 32.2 Å². The molecule has 1 N–H and O–H groups in total. The maximum absolute atomic E-state index is 6.47. The van der Waals surface area contributed by atoms with Crippen LogP contribution in [0.15, 0.2) is 24.3 Å². The normalized spacial score (nSPS) is 15.0. The van der Waals surface area contributed by atoms with E-state index in [0.717, 1.165) is 22.9 Å². The quantitative estimate of drug-likeness (QED) is 0.869. The summed E-state index contributed by atoms with van der Waals surface area (Å²) in [5, 5.41) is 4.33. The molecule has 0 saturated heterocycles. The first-order chi connectivity index (χ1) is 10.2. The number of thiophene rings is 1. The van der Waals surface area contributed by atoms with E-state index in [9.17, 15) is 0 Å². The summed E-state index contributed by atoms with van der Waals surface area (Å²) in [5.41, 5.74) is 2.65. The Morgan fingerprint density at radius 3 is 2.86 bits per heavy atom. The van der Waals surface area contributed by atoms with Crippen LogP contribution in [-0.4, -0.2) is 13.7 Å². The molecular weight excluding hydrogens is 302 g/mol. The Morgan fingerprint density at radius 2 is 2.19 bits per heavy atom. The molecule has 1 aromatic carbocycles. The predicted molar refractivity (Wildman–Crippen MR) is 89.9 cm³/mol. The highest BCUT2D eigenvalue weighted by molar-refractivity contribution is 7.12. The van der Waals surface area contributed by atoms with Crippen LogP contribution in [-0.2, 0) is 12.8 Å². The van der Waals surface area contributed by atoms with Gasteiger partial charge in [0.25, 0.3) is 0 Å². The number of nitrogens with one attached hydrogen (secondary N) is 1. The monoisotopic (exact) mass is 321 g/mol. The zero-order valence-electron chi connectivity index (χ0n) is 12.4. The number of aryl methyl sites for hydroxylation is 2. The second-order valence-corrected chi connectivity index (χ2v) is 6.90. The summed E-state index contributed by atoms with van der Waals surface area (Å²) < 4.78 is 5.24. The molecule has 0 bridgehead atoms. The highest BCUT2D eigenvalue weighted by Crippen LogP contribution is 2.38. The summed E-state index contributed by atoms with van der Waals surface area (Å²) in [6.45, 7) is 3.04. The molecule has 0 saturated carbocycles. The van der Waals surface area contributed by atoms with Crippen molar-refractivity contribution in [3.63, 3.8) is 0 Å². The lowest BCUT2D eigenvalue weighted by atomic mass is 10.0. The molecule has 112 valence electrons. The fraction of sp³-hybridized carbons (Fsp3) is 0.412. The highest BCUT2D eigenvalue weighted by Gasteiger charge is 2.22. The number of benzene rings is 1. The minimum atomic E-state index is 0.170. The van der Waals surface area contributed by atoms with Crippen molar-refractivity contribution in [2.24, 2.45) is 0 Å². The van der Waals surface area contributed by atoms with Gasteiger partial charge in [0.2, 0.25) is 0 Å². The Balaban J connectivity index is 1.97. The number of hydrogen-bond donors (Lipinski definition) is 1. The van der Waals surface area contributed by atoms with E-state index in [1.54, 1.807) is 12.0 Å². The van der Waals surface area contributed by atoms with Gasteiger partial charge in [-0.15, -0.1) is 11.3 Å². The Morgan fingerprint density at radius 1 is 1.33 bits per heavy atom. The van der Waals surface area contributed by atoms with E-state index in [4.69, 9.17) is 16.3 Å². The van der Waals surface area contributed by atoms with Gasteiger partial charge in [-0.05, 0) is 55.1 Å². The standard InChI is InChI=1S/C17H20ClNOS/c1-3-19-17(13-8-7-12(20-2)10-14(13)18)16-9-11-5-4-6-15(11)21-16/h7-10,17,19H,3-6H2,1-2H3. The average molecular weight is 322 g/mol. The molecule has 0 radical (unpaired) electrons. The van der Waals surface area contributed by atoms with Gasteiger partial charge in [-0.3, -0.25) is 0 Å². The van der Waals surface area contributed by atoms with Crippen molar-refractivity contribution in [3.8, 4) is 5.75 Å². The molecular formula is C17H20ClNOS. The third-order valence-electron chi connectivity index (χ3n) is 3.98. The zero-order chi connectivity index (χ0) is 14.8. The van der Waals surface area contributed by atoms with Crippen LogP contribution in [0.25, 0.3) is 0 Å². The largest absolute Gasteiger partial charge is 0.497 e. The lowest BCUT2D eigenvalue weighted by Gasteiger charge is -2.19. The SMILES string of the molecule is CCNC(c1cc2c(s1)CCC2)c1ccc(OC)cc1Cl. The summed E-state index contributed by atoms with van der Waals surface area (Å²) in [6.07, 6.45) is 3.76. The molecule has 2 nitrogen and oxygen atoms in total. The molecule has 3 rings (SSSR count). The van der Waals surface area contributed by atoms with Gasteiger partial charge in [-0.1, -0.05) is 24.6 Å². The minimum absolute atomic E-state index is 0.170. The molecule has 21 heavy (non-hydrogen) atoms. The molecule has 0 aliphatic heterocycles. The summed E-state index contributed by atoms with van der Waals surface area (Å²) in [7, 11) is 1.66. The van der Waals surface area contributed by atoms with E-state index < -0.39 is 0 Å². The molecule has 1 heterocycles. The smallest absolute Gasteiger partial charge is 0.120 e. The van der Waals surface area contributed by atoms with E-state index in [2.05, 4.69) is 24.4 Å². The zero-order valence-corrected chi connectivity index (χ0v) is 14.0. The molecule has 1 unspecified atom stereocenters. The van der Waals surface area contributed by atoms with Crippen LogP contribution in [0.1, 0.15) is 40.3 Å². The first-order valence-corrected chi connectivity index (χ1v) is 8.60. The molecule has 1 aliphatic rings. The maximum atomic E-state index is 6.47. The molecule has 4 heteroatoms. The van der Waals surface area contributed by atoms with E-state index in [0.29, 0.717) is 0 Å². The van der Waals surface area contributed by atoms with Crippen LogP contribution in [0.5, 0.6) is 5.75 Å². The number of fused-ring (bicyclic) bond motifs is 1. The van der Waals surface area contributed by atoms with Gasteiger partial charge in [0.1, 0.15) is 5.75 Å². The number of methoxy groups -OCH3 is 1. The molecule has 1 aliphatic carbocycles. The Kier molecular flexibility index (Phi) is 4.53. The van der Waals surface area contributed by atoms with E-state index >= 15 is 0 Å². The lowest BCUT2D eigenvalue weighted by Crippen LogP contribution is -2.21. The first-order valence-electron chi connectivity index (χ1n) is 7.41. The summed E-state index contributed by atoms with van der Waals surface area (Å²) in [6, 6.07) is 8.47. The summed E-state index contributed by atoms with van der Waals surface area (Å²) >= 11 is 8.40.